The first kappa shape index (κ1) is 21.8. The Labute approximate surface area is 179 Å². The van der Waals surface area contributed by atoms with E-state index in [1.807, 2.05) is 37.3 Å². The van der Waals surface area contributed by atoms with Crippen molar-refractivity contribution < 1.29 is 19.4 Å². The molecule has 1 amide bonds. The molecule has 1 aromatic heterocycles. The average molecular weight is 430 g/mol. The molecule has 0 aliphatic rings. The van der Waals surface area contributed by atoms with Crippen molar-refractivity contribution in [2.45, 2.75) is 38.8 Å². The minimum atomic E-state index is -1.51. The second kappa shape index (κ2) is 9.73. The van der Waals surface area contributed by atoms with Gasteiger partial charge in [0, 0.05) is 12.0 Å². The maximum absolute atomic E-state index is 12.9. The van der Waals surface area contributed by atoms with E-state index in [0.29, 0.717) is 22.5 Å². The summed E-state index contributed by atoms with van der Waals surface area (Å²) in [6.45, 7) is 3.75. The molecule has 0 spiro atoms. The van der Waals surface area contributed by atoms with Gasteiger partial charge in [-0.05, 0) is 31.0 Å². The number of nitrogens with one attached hydrogen (secondary N) is 2. The molecule has 0 fully saturated rings. The number of aliphatic hydroxyl groups is 1. The van der Waals surface area contributed by atoms with E-state index in [9.17, 15) is 14.7 Å². The van der Waals surface area contributed by atoms with Crippen LogP contribution in [0.2, 0.25) is 5.02 Å². The Morgan fingerprint density at radius 1 is 1.23 bits per heavy atom. The lowest BCUT2D eigenvalue weighted by Crippen LogP contribution is -2.48. The molecule has 7 nitrogen and oxygen atoms in total. The van der Waals surface area contributed by atoms with E-state index in [0.717, 1.165) is 11.4 Å². The zero-order valence-corrected chi connectivity index (χ0v) is 17.6. The molecule has 3 rings (SSSR count). The molecule has 0 aliphatic carbocycles. The number of aromatic amines is 1. The van der Waals surface area contributed by atoms with Gasteiger partial charge in [-0.25, -0.2) is 9.78 Å². The number of esters is 1. The smallest absolute Gasteiger partial charge is 0.337 e. The normalized spacial score (nSPS) is 13.1. The van der Waals surface area contributed by atoms with Crippen LogP contribution in [-0.2, 0) is 22.4 Å². The number of ether oxygens (including phenoxy) is 1. The summed E-state index contributed by atoms with van der Waals surface area (Å²) in [5, 5.41) is 13.6. The monoisotopic (exact) mass is 429 g/mol. The van der Waals surface area contributed by atoms with Crippen molar-refractivity contribution in [3.8, 4) is 0 Å². The molecule has 2 atom stereocenters. The number of hydrogen-bond acceptors (Lipinski definition) is 5. The highest BCUT2D eigenvalue weighted by Crippen LogP contribution is 2.24. The molecule has 0 unspecified atom stereocenters. The first-order chi connectivity index (χ1) is 14.4. The standard InChI is InChI=1S/C22H24ClN3O4/c1-3-18-24-16-12-14(11-15(23)19(16)26-18)21(28)25-17(20(27)22(29)30-4-2)10-13-8-6-5-7-9-13/h5-9,11-12,17,20,27H,3-4,10H2,1-2H3,(H,24,26)(H,25,28)/t17-,20-/m1/s1. The SMILES string of the molecule is CCOC(=O)[C@H](O)[C@@H](Cc1ccccc1)NC(=O)c1cc(Cl)c2[nH]c(CC)nc2c1. The topological polar surface area (TPSA) is 104 Å². The van der Waals surface area contributed by atoms with Crippen LogP contribution < -0.4 is 5.32 Å². The summed E-state index contributed by atoms with van der Waals surface area (Å²) in [5.74, 6) is -0.486. The molecule has 1 heterocycles. The number of hydrogen-bond donors (Lipinski definition) is 3. The van der Waals surface area contributed by atoms with Crippen LogP contribution in [0.25, 0.3) is 11.0 Å². The van der Waals surface area contributed by atoms with E-state index in [2.05, 4.69) is 15.3 Å². The van der Waals surface area contributed by atoms with Gasteiger partial charge in [0.25, 0.3) is 5.91 Å². The molecule has 2 aromatic carbocycles. The Balaban J connectivity index is 1.86. The molecule has 3 N–H and O–H groups in total. The average Bonchev–Trinajstić information content (AvgIpc) is 3.17. The van der Waals surface area contributed by atoms with Gasteiger partial charge in [-0.2, -0.15) is 0 Å². The number of rotatable bonds is 8. The van der Waals surface area contributed by atoms with Gasteiger partial charge in [-0.3, -0.25) is 4.79 Å². The third-order valence-electron chi connectivity index (χ3n) is 4.72. The van der Waals surface area contributed by atoms with E-state index in [1.54, 1.807) is 13.0 Å². The van der Waals surface area contributed by atoms with Crippen LogP contribution in [-0.4, -0.2) is 45.7 Å². The zero-order chi connectivity index (χ0) is 21.7. The molecule has 30 heavy (non-hydrogen) atoms. The van der Waals surface area contributed by atoms with Crippen LogP contribution in [0.15, 0.2) is 42.5 Å². The van der Waals surface area contributed by atoms with Gasteiger partial charge in [-0.1, -0.05) is 48.9 Å². The minimum Gasteiger partial charge on any atom is -0.464 e. The lowest BCUT2D eigenvalue weighted by Gasteiger charge is -2.23. The highest BCUT2D eigenvalue weighted by atomic mass is 35.5. The second-order valence-electron chi connectivity index (χ2n) is 6.86. The summed E-state index contributed by atoms with van der Waals surface area (Å²) in [6, 6.07) is 11.6. The summed E-state index contributed by atoms with van der Waals surface area (Å²) < 4.78 is 4.93. The fourth-order valence-electron chi connectivity index (χ4n) is 3.17. The van der Waals surface area contributed by atoms with Crippen molar-refractivity contribution in [2.75, 3.05) is 6.61 Å². The maximum atomic E-state index is 12.9. The van der Waals surface area contributed by atoms with Gasteiger partial charge in [0.2, 0.25) is 0 Å². The summed E-state index contributed by atoms with van der Waals surface area (Å²) in [7, 11) is 0. The van der Waals surface area contributed by atoms with Gasteiger partial charge < -0.3 is 20.1 Å². The number of fused-ring (bicyclic) bond motifs is 1. The summed E-state index contributed by atoms with van der Waals surface area (Å²) in [4.78, 5) is 32.6. The van der Waals surface area contributed by atoms with E-state index < -0.39 is 24.0 Å². The highest BCUT2D eigenvalue weighted by Gasteiger charge is 2.29. The molecular formula is C22H24ClN3O4. The van der Waals surface area contributed by atoms with Gasteiger partial charge >= 0.3 is 5.97 Å². The molecule has 0 radical (unpaired) electrons. The Morgan fingerprint density at radius 2 is 1.97 bits per heavy atom. The van der Waals surface area contributed by atoms with Crippen LogP contribution in [0.3, 0.4) is 0 Å². The number of H-pyrrole nitrogens is 1. The minimum absolute atomic E-state index is 0.132. The number of aliphatic hydroxyl groups excluding tert-OH is 1. The van der Waals surface area contributed by atoms with Gasteiger partial charge in [-0.15, -0.1) is 0 Å². The van der Waals surface area contributed by atoms with E-state index in [-0.39, 0.29) is 18.6 Å². The lowest BCUT2D eigenvalue weighted by molar-refractivity contribution is -0.154. The molecule has 8 heteroatoms. The molecule has 0 saturated heterocycles. The zero-order valence-electron chi connectivity index (χ0n) is 16.8. The molecule has 158 valence electrons. The van der Waals surface area contributed by atoms with Crippen molar-refractivity contribution in [3.63, 3.8) is 0 Å². The Kier molecular flexibility index (Phi) is 7.07. The number of halogens is 1. The lowest BCUT2D eigenvalue weighted by atomic mass is 10.0. The van der Waals surface area contributed by atoms with Crippen molar-refractivity contribution >= 4 is 34.5 Å². The number of nitrogens with zero attached hydrogens (tertiary/aromatic N) is 1. The molecule has 0 aliphatic heterocycles. The van der Waals surface area contributed by atoms with E-state index >= 15 is 0 Å². The molecular weight excluding hydrogens is 406 g/mol. The number of amides is 1. The third kappa shape index (κ3) is 4.98. The predicted molar refractivity (Wildman–Crippen MR) is 115 cm³/mol. The third-order valence-corrected chi connectivity index (χ3v) is 5.01. The van der Waals surface area contributed by atoms with Crippen molar-refractivity contribution in [1.82, 2.24) is 15.3 Å². The number of aromatic nitrogens is 2. The van der Waals surface area contributed by atoms with Crippen LogP contribution in [0.4, 0.5) is 0 Å². The van der Waals surface area contributed by atoms with E-state index in [1.165, 1.54) is 6.07 Å². The second-order valence-corrected chi connectivity index (χ2v) is 7.26. The predicted octanol–water partition coefficient (Wildman–Crippen LogP) is 3.04. The number of carbonyl (C=O) groups is 2. The van der Waals surface area contributed by atoms with Crippen molar-refractivity contribution in [3.05, 3.63) is 64.4 Å². The summed E-state index contributed by atoms with van der Waals surface area (Å²) in [5.41, 5.74) is 2.39. The Bertz CT molecular complexity index is 1040. The maximum Gasteiger partial charge on any atom is 0.337 e. The number of benzene rings is 2. The number of aryl methyl sites for hydroxylation is 1. The number of imidazole rings is 1. The summed E-state index contributed by atoms with van der Waals surface area (Å²) in [6.07, 6.45) is -0.548. The Morgan fingerprint density at radius 3 is 2.63 bits per heavy atom. The fraction of sp³-hybridized carbons (Fsp3) is 0.318. The van der Waals surface area contributed by atoms with Crippen LogP contribution in [0.1, 0.15) is 35.6 Å². The van der Waals surface area contributed by atoms with Gasteiger partial charge in [0.05, 0.1) is 28.7 Å². The van der Waals surface area contributed by atoms with Crippen LogP contribution in [0, 0.1) is 0 Å². The van der Waals surface area contributed by atoms with Crippen LogP contribution in [0.5, 0.6) is 0 Å². The van der Waals surface area contributed by atoms with Crippen LogP contribution >= 0.6 is 11.6 Å². The largest absolute Gasteiger partial charge is 0.464 e. The first-order valence-corrected chi connectivity index (χ1v) is 10.2. The van der Waals surface area contributed by atoms with Crippen molar-refractivity contribution in [1.29, 1.82) is 0 Å². The molecule has 3 aromatic rings. The first-order valence-electron chi connectivity index (χ1n) is 9.80. The quantitative estimate of drug-likeness (QED) is 0.477. The van der Waals surface area contributed by atoms with Crippen molar-refractivity contribution in [2.24, 2.45) is 0 Å². The molecule has 0 saturated carbocycles. The highest BCUT2D eigenvalue weighted by molar-refractivity contribution is 6.35. The molecule has 0 bridgehead atoms. The van der Waals surface area contributed by atoms with Gasteiger partial charge in [0.1, 0.15) is 5.82 Å². The Hall–Kier alpha value is -2.90. The summed E-state index contributed by atoms with van der Waals surface area (Å²) >= 11 is 6.32. The van der Waals surface area contributed by atoms with Gasteiger partial charge in [0.15, 0.2) is 6.10 Å². The van der Waals surface area contributed by atoms with E-state index in [4.69, 9.17) is 16.3 Å². The number of carbonyl (C=O) groups excluding carboxylic acids is 2. The fourth-order valence-corrected chi connectivity index (χ4v) is 3.44.